The van der Waals surface area contributed by atoms with Crippen LogP contribution in [0.15, 0.2) is 42.0 Å². The minimum absolute atomic E-state index is 0.0937. The molecule has 2 aromatic carbocycles. The lowest BCUT2D eigenvalue weighted by Crippen LogP contribution is -2.07. The van der Waals surface area contributed by atoms with Gasteiger partial charge in [-0.05, 0) is 47.9 Å². The van der Waals surface area contributed by atoms with Gasteiger partial charge in [0.05, 0.1) is 6.61 Å². The predicted molar refractivity (Wildman–Crippen MR) is 88.5 cm³/mol. The van der Waals surface area contributed by atoms with Crippen LogP contribution in [0.1, 0.15) is 11.1 Å². The van der Waals surface area contributed by atoms with Crippen LogP contribution in [0.2, 0.25) is 0 Å². The third-order valence-corrected chi connectivity index (χ3v) is 4.33. The Morgan fingerprint density at radius 3 is 2.68 bits per heavy atom. The number of carbonyl (C=O) groups is 1. The maximum Gasteiger partial charge on any atom is 0.334 e. The Labute approximate surface area is 143 Å². The molecule has 2 aliphatic heterocycles. The molecule has 1 fully saturated rings. The van der Waals surface area contributed by atoms with E-state index in [0.29, 0.717) is 29.9 Å². The Morgan fingerprint density at radius 1 is 1.00 bits per heavy atom. The minimum atomic E-state index is -0.363. The lowest BCUT2D eigenvalue weighted by atomic mass is 9.92. The van der Waals surface area contributed by atoms with E-state index < -0.39 is 0 Å². The van der Waals surface area contributed by atoms with E-state index in [2.05, 4.69) is 0 Å². The van der Waals surface area contributed by atoms with Crippen LogP contribution in [0.4, 0.5) is 0 Å². The first-order valence-corrected chi connectivity index (χ1v) is 7.89. The number of carbonyl (C=O) groups excluding carboxylic acids is 1. The quantitative estimate of drug-likeness (QED) is 0.508. The smallest absolute Gasteiger partial charge is 0.334 e. The standard InChI is InChI=1S/C19H16O6/c20-15-3-1-12(7-16(15)21)6-14-13(9-23-19(14)22)5-11-2-4-17-18(8-11)25-10-24-17/h1-4,6-8,13,20-21H,5,9-10H2. The lowest BCUT2D eigenvalue weighted by Gasteiger charge is -2.09. The van der Waals surface area contributed by atoms with E-state index in [9.17, 15) is 15.0 Å². The van der Waals surface area contributed by atoms with Crippen molar-refractivity contribution in [3.05, 3.63) is 53.1 Å². The van der Waals surface area contributed by atoms with Gasteiger partial charge in [0.15, 0.2) is 23.0 Å². The monoisotopic (exact) mass is 340 g/mol. The number of hydrogen-bond donors (Lipinski definition) is 2. The lowest BCUT2D eigenvalue weighted by molar-refractivity contribution is -0.135. The fourth-order valence-corrected chi connectivity index (χ4v) is 3.02. The first-order valence-electron chi connectivity index (χ1n) is 7.89. The highest BCUT2D eigenvalue weighted by molar-refractivity contribution is 5.96. The third kappa shape index (κ3) is 2.98. The molecule has 2 heterocycles. The summed E-state index contributed by atoms with van der Waals surface area (Å²) in [5.74, 6) is 0.540. The van der Waals surface area contributed by atoms with E-state index in [-0.39, 0.29) is 30.2 Å². The predicted octanol–water partition coefficient (Wildman–Crippen LogP) is 2.63. The minimum Gasteiger partial charge on any atom is -0.504 e. The first-order chi connectivity index (χ1) is 12.1. The number of benzene rings is 2. The number of aromatic hydroxyl groups is 2. The molecule has 0 aliphatic carbocycles. The summed E-state index contributed by atoms with van der Waals surface area (Å²) in [7, 11) is 0. The van der Waals surface area contributed by atoms with Crippen LogP contribution < -0.4 is 9.47 Å². The molecule has 0 saturated carbocycles. The molecule has 2 N–H and O–H groups in total. The molecule has 2 aliphatic rings. The van der Waals surface area contributed by atoms with Crippen LogP contribution in [-0.4, -0.2) is 29.6 Å². The number of esters is 1. The van der Waals surface area contributed by atoms with Gasteiger partial charge in [0.2, 0.25) is 6.79 Å². The van der Waals surface area contributed by atoms with Crippen molar-refractivity contribution in [2.75, 3.05) is 13.4 Å². The molecule has 128 valence electrons. The van der Waals surface area contributed by atoms with Gasteiger partial charge in [0.25, 0.3) is 0 Å². The number of phenolic OH excluding ortho intramolecular Hbond substituents is 2. The molecule has 6 heteroatoms. The Bertz CT molecular complexity index is 870. The molecule has 0 amide bonds. The molecule has 4 rings (SSSR count). The van der Waals surface area contributed by atoms with Crippen molar-refractivity contribution < 1.29 is 29.2 Å². The summed E-state index contributed by atoms with van der Waals surface area (Å²) >= 11 is 0. The van der Waals surface area contributed by atoms with Crippen molar-refractivity contribution in [3.63, 3.8) is 0 Å². The maximum atomic E-state index is 12.1. The van der Waals surface area contributed by atoms with Crippen molar-refractivity contribution in [1.82, 2.24) is 0 Å². The molecule has 0 spiro atoms. The molecule has 25 heavy (non-hydrogen) atoms. The van der Waals surface area contributed by atoms with Gasteiger partial charge < -0.3 is 24.4 Å². The highest BCUT2D eigenvalue weighted by Gasteiger charge is 2.31. The number of phenols is 2. The number of cyclic esters (lactones) is 1. The number of fused-ring (bicyclic) bond motifs is 1. The van der Waals surface area contributed by atoms with Crippen LogP contribution in [0, 0.1) is 5.92 Å². The van der Waals surface area contributed by atoms with E-state index in [0.717, 1.165) is 11.3 Å². The number of rotatable bonds is 3. The van der Waals surface area contributed by atoms with E-state index in [1.807, 2.05) is 18.2 Å². The van der Waals surface area contributed by atoms with Crippen molar-refractivity contribution in [2.45, 2.75) is 6.42 Å². The molecular formula is C19H16O6. The highest BCUT2D eigenvalue weighted by Crippen LogP contribution is 2.35. The normalized spacial score (nSPS) is 20.1. The zero-order valence-corrected chi connectivity index (χ0v) is 13.3. The summed E-state index contributed by atoms with van der Waals surface area (Å²) in [5, 5.41) is 19.0. The average Bonchev–Trinajstić information content (AvgIpc) is 3.19. The van der Waals surface area contributed by atoms with Gasteiger partial charge in [-0.3, -0.25) is 0 Å². The number of ether oxygens (including phenoxy) is 3. The van der Waals surface area contributed by atoms with Crippen LogP contribution >= 0.6 is 0 Å². The van der Waals surface area contributed by atoms with Crippen LogP contribution in [-0.2, 0) is 16.0 Å². The van der Waals surface area contributed by atoms with Crippen LogP contribution in [0.25, 0.3) is 6.08 Å². The zero-order chi connectivity index (χ0) is 17.4. The van der Waals surface area contributed by atoms with Gasteiger partial charge >= 0.3 is 5.97 Å². The SMILES string of the molecule is O=C1OCC(Cc2ccc3c(c2)OCO3)C1=Cc1ccc(O)c(O)c1. The topological polar surface area (TPSA) is 85.2 Å². The molecule has 1 unspecified atom stereocenters. The summed E-state index contributed by atoms with van der Waals surface area (Å²) in [6.45, 7) is 0.530. The first kappa shape index (κ1) is 15.4. The van der Waals surface area contributed by atoms with Gasteiger partial charge in [-0.25, -0.2) is 4.79 Å². The fourth-order valence-electron chi connectivity index (χ4n) is 3.02. The molecular weight excluding hydrogens is 324 g/mol. The van der Waals surface area contributed by atoms with Crippen molar-refractivity contribution in [1.29, 1.82) is 0 Å². The average molecular weight is 340 g/mol. The molecule has 1 atom stereocenters. The van der Waals surface area contributed by atoms with Crippen molar-refractivity contribution in [3.8, 4) is 23.0 Å². The van der Waals surface area contributed by atoms with Gasteiger partial charge in [-0.1, -0.05) is 12.1 Å². The summed E-state index contributed by atoms with van der Waals surface area (Å²) in [4.78, 5) is 12.1. The zero-order valence-electron chi connectivity index (χ0n) is 13.3. The second kappa shape index (κ2) is 6.05. The molecule has 0 aromatic heterocycles. The van der Waals surface area contributed by atoms with E-state index in [1.54, 1.807) is 12.1 Å². The fraction of sp³-hybridized carbons (Fsp3) is 0.211. The van der Waals surface area contributed by atoms with Crippen molar-refractivity contribution >= 4 is 12.0 Å². The summed E-state index contributed by atoms with van der Waals surface area (Å²) in [6.07, 6.45) is 2.31. The maximum absolute atomic E-state index is 12.1. The Balaban J connectivity index is 1.59. The second-order valence-corrected chi connectivity index (χ2v) is 6.03. The van der Waals surface area contributed by atoms with E-state index >= 15 is 0 Å². The van der Waals surface area contributed by atoms with E-state index in [1.165, 1.54) is 12.1 Å². The number of hydrogen-bond acceptors (Lipinski definition) is 6. The molecule has 0 radical (unpaired) electrons. The van der Waals surface area contributed by atoms with Gasteiger partial charge in [0, 0.05) is 11.5 Å². The largest absolute Gasteiger partial charge is 0.504 e. The third-order valence-electron chi connectivity index (χ3n) is 4.33. The second-order valence-electron chi connectivity index (χ2n) is 6.03. The Hall–Kier alpha value is -3.15. The van der Waals surface area contributed by atoms with E-state index in [4.69, 9.17) is 14.2 Å². The Kier molecular flexibility index (Phi) is 3.72. The van der Waals surface area contributed by atoms with Crippen LogP contribution in [0.3, 0.4) is 0 Å². The Morgan fingerprint density at radius 2 is 1.84 bits per heavy atom. The van der Waals surface area contributed by atoms with Gasteiger partial charge in [0.1, 0.15) is 0 Å². The van der Waals surface area contributed by atoms with Gasteiger partial charge in [-0.2, -0.15) is 0 Å². The summed E-state index contributed by atoms with van der Waals surface area (Å²) in [5.41, 5.74) is 2.19. The van der Waals surface area contributed by atoms with Crippen LogP contribution in [0.5, 0.6) is 23.0 Å². The van der Waals surface area contributed by atoms with Gasteiger partial charge in [-0.15, -0.1) is 0 Å². The molecule has 2 aromatic rings. The summed E-state index contributed by atoms with van der Waals surface area (Å²) in [6, 6.07) is 10.1. The van der Waals surface area contributed by atoms with Crippen molar-refractivity contribution in [2.24, 2.45) is 5.92 Å². The highest BCUT2D eigenvalue weighted by atomic mass is 16.7. The molecule has 6 nitrogen and oxygen atoms in total. The molecule has 1 saturated heterocycles. The molecule has 0 bridgehead atoms. The summed E-state index contributed by atoms with van der Waals surface area (Å²) < 4.78 is 15.9.